The Balaban J connectivity index is 3.44. The second-order valence-corrected chi connectivity index (χ2v) is 2.78. The Morgan fingerprint density at radius 1 is 1.64 bits per heavy atom. The second-order valence-electron chi connectivity index (χ2n) is 2.78. The molecule has 0 saturated heterocycles. The third-order valence-electron chi connectivity index (χ3n) is 1.89. The zero-order valence-electron chi connectivity index (χ0n) is 7.34. The molecule has 1 radical (unpaired) electrons. The summed E-state index contributed by atoms with van der Waals surface area (Å²) in [7, 11) is 0. The first-order valence-electron chi connectivity index (χ1n) is 4.23. The van der Waals surface area contributed by atoms with E-state index in [4.69, 9.17) is 5.11 Å². The molecular formula is C9H17O2. The minimum Gasteiger partial charge on any atom is -0.481 e. The van der Waals surface area contributed by atoms with Crippen LogP contribution in [0.5, 0.6) is 0 Å². The smallest absolute Gasteiger partial charge is 0.306 e. The van der Waals surface area contributed by atoms with Crippen LogP contribution in [0.2, 0.25) is 0 Å². The third-order valence-corrected chi connectivity index (χ3v) is 1.89. The fourth-order valence-electron chi connectivity index (χ4n) is 1.07. The fraction of sp³-hybridized carbons (Fsp3) is 0.778. The molecular weight excluding hydrogens is 140 g/mol. The van der Waals surface area contributed by atoms with E-state index in [1.165, 1.54) is 0 Å². The molecule has 65 valence electrons. The lowest BCUT2D eigenvalue weighted by molar-refractivity contribution is -0.142. The van der Waals surface area contributed by atoms with Crippen molar-refractivity contribution in [3.8, 4) is 0 Å². The average molecular weight is 157 g/mol. The largest absolute Gasteiger partial charge is 0.481 e. The van der Waals surface area contributed by atoms with Gasteiger partial charge in [-0.1, -0.05) is 26.7 Å². The summed E-state index contributed by atoms with van der Waals surface area (Å²) >= 11 is 0. The second kappa shape index (κ2) is 6.20. The van der Waals surface area contributed by atoms with E-state index in [1.807, 2.05) is 13.8 Å². The van der Waals surface area contributed by atoms with Crippen LogP contribution in [0.15, 0.2) is 0 Å². The molecule has 0 spiro atoms. The van der Waals surface area contributed by atoms with Gasteiger partial charge in [0.05, 0.1) is 5.92 Å². The van der Waals surface area contributed by atoms with Gasteiger partial charge in [0.2, 0.25) is 0 Å². The lowest BCUT2D eigenvalue weighted by Crippen LogP contribution is -2.12. The van der Waals surface area contributed by atoms with E-state index in [-0.39, 0.29) is 5.92 Å². The molecule has 2 heteroatoms. The summed E-state index contributed by atoms with van der Waals surface area (Å²) in [6, 6.07) is 0. The molecule has 0 fully saturated rings. The number of unbranched alkanes of at least 4 members (excludes halogenated alkanes) is 2. The van der Waals surface area contributed by atoms with E-state index in [9.17, 15) is 4.79 Å². The molecule has 0 heterocycles. The molecule has 0 aliphatic carbocycles. The number of carboxylic acid groups (broad SMARTS) is 1. The number of rotatable bonds is 6. The Hall–Kier alpha value is -0.530. The highest BCUT2D eigenvalue weighted by Crippen LogP contribution is 2.12. The Morgan fingerprint density at radius 2 is 2.27 bits per heavy atom. The van der Waals surface area contributed by atoms with E-state index in [0.717, 1.165) is 25.7 Å². The highest BCUT2D eigenvalue weighted by molar-refractivity contribution is 5.69. The normalized spacial score (nSPS) is 12.9. The first-order chi connectivity index (χ1) is 5.22. The molecule has 0 aromatic heterocycles. The zero-order chi connectivity index (χ0) is 8.69. The molecule has 1 unspecified atom stereocenters. The van der Waals surface area contributed by atoms with Crippen molar-refractivity contribution >= 4 is 5.97 Å². The molecule has 2 nitrogen and oxygen atoms in total. The first kappa shape index (κ1) is 10.5. The van der Waals surface area contributed by atoms with Gasteiger partial charge in [0.15, 0.2) is 0 Å². The van der Waals surface area contributed by atoms with Crippen molar-refractivity contribution in [2.75, 3.05) is 0 Å². The van der Waals surface area contributed by atoms with Gasteiger partial charge in [0.25, 0.3) is 0 Å². The average Bonchev–Trinajstić information content (AvgIpc) is 1.97. The minimum atomic E-state index is -0.649. The van der Waals surface area contributed by atoms with Crippen LogP contribution >= 0.6 is 0 Å². The predicted molar refractivity (Wildman–Crippen MR) is 45.2 cm³/mol. The lowest BCUT2D eigenvalue weighted by atomic mass is 9.99. The van der Waals surface area contributed by atoms with Crippen LogP contribution in [0.4, 0.5) is 0 Å². The molecule has 11 heavy (non-hydrogen) atoms. The molecule has 0 rings (SSSR count). The van der Waals surface area contributed by atoms with Crippen LogP contribution in [-0.4, -0.2) is 11.1 Å². The van der Waals surface area contributed by atoms with Gasteiger partial charge in [-0.05, 0) is 19.3 Å². The van der Waals surface area contributed by atoms with Crippen molar-refractivity contribution in [1.82, 2.24) is 0 Å². The van der Waals surface area contributed by atoms with Gasteiger partial charge in [-0.3, -0.25) is 4.79 Å². The number of aliphatic carboxylic acids is 1. The highest BCUT2D eigenvalue weighted by Gasteiger charge is 2.13. The van der Waals surface area contributed by atoms with Crippen molar-refractivity contribution in [3.05, 3.63) is 6.42 Å². The number of hydrogen-bond acceptors (Lipinski definition) is 1. The summed E-state index contributed by atoms with van der Waals surface area (Å²) in [6.07, 6.45) is 5.68. The maximum absolute atomic E-state index is 10.5. The van der Waals surface area contributed by atoms with Crippen molar-refractivity contribution in [1.29, 1.82) is 0 Å². The van der Waals surface area contributed by atoms with Gasteiger partial charge in [0, 0.05) is 0 Å². The van der Waals surface area contributed by atoms with Gasteiger partial charge in [-0.15, -0.1) is 0 Å². The molecule has 0 amide bonds. The Morgan fingerprint density at radius 3 is 2.64 bits per heavy atom. The van der Waals surface area contributed by atoms with E-state index in [2.05, 4.69) is 6.42 Å². The fourth-order valence-corrected chi connectivity index (χ4v) is 1.07. The van der Waals surface area contributed by atoms with Crippen molar-refractivity contribution < 1.29 is 9.90 Å². The number of carboxylic acids is 1. The highest BCUT2D eigenvalue weighted by atomic mass is 16.4. The van der Waals surface area contributed by atoms with Gasteiger partial charge in [-0.2, -0.15) is 0 Å². The van der Waals surface area contributed by atoms with E-state index in [1.54, 1.807) is 0 Å². The van der Waals surface area contributed by atoms with E-state index >= 15 is 0 Å². The minimum absolute atomic E-state index is 0.130. The van der Waals surface area contributed by atoms with Crippen LogP contribution in [0, 0.1) is 12.3 Å². The molecule has 0 aromatic carbocycles. The summed E-state index contributed by atoms with van der Waals surface area (Å²) < 4.78 is 0. The Bertz CT molecular complexity index is 110. The van der Waals surface area contributed by atoms with Crippen LogP contribution < -0.4 is 0 Å². The molecule has 0 saturated carbocycles. The monoisotopic (exact) mass is 157 g/mol. The van der Waals surface area contributed by atoms with E-state index < -0.39 is 5.97 Å². The van der Waals surface area contributed by atoms with Crippen molar-refractivity contribution in [3.63, 3.8) is 0 Å². The van der Waals surface area contributed by atoms with Crippen molar-refractivity contribution in [2.24, 2.45) is 5.92 Å². The zero-order valence-corrected chi connectivity index (χ0v) is 7.34. The molecule has 0 bridgehead atoms. The molecule has 1 atom stereocenters. The van der Waals surface area contributed by atoms with Gasteiger partial charge in [0.1, 0.15) is 0 Å². The number of carbonyl (C=O) groups is 1. The van der Waals surface area contributed by atoms with Crippen LogP contribution in [0.1, 0.15) is 39.5 Å². The standard InChI is InChI=1S/C9H17O2/c1-3-5-6-7-8(4-2)9(10)11/h3,8H,4-7H2,1-2H3,(H,10,11). The molecule has 0 aliphatic heterocycles. The molecule has 0 aromatic rings. The SMILES string of the molecule is C[CH]CCCC(CC)C(=O)O. The molecule has 0 aliphatic rings. The van der Waals surface area contributed by atoms with Gasteiger partial charge < -0.3 is 5.11 Å². The maximum Gasteiger partial charge on any atom is 0.306 e. The quantitative estimate of drug-likeness (QED) is 0.601. The van der Waals surface area contributed by atoms with Crippen LogP contribution in [0.3, 0.4) is 0 Å². The van der Waals surface area contributed by atoms with Gasteiger partial charge >= 0.3 is 5.97 Å². The predicted octanol–water partition coefficient (Wildman–Crippen LogP) is 2.49. The summed E-state index contributed by atoms with van der Waals surface area (Å²) in [6.45, 7) is 3.93. The maximum atomic E-state index is 10.5. The Labute approximate surface area is 68.6 Å². The summed E-state index contributed by atoms with van der Waals surface area (Å²) in [5, 5.41) is 8.66. The molecule has 1 N–H and O–H groups in total. The van der Waals surface area contributed by atoms with Crippen molar-refractivity contribution in [2.45, 2.75) is 39.5 Å². The third kappa shape index (κ3) is 4.82. The van der Waals surface area contributed by atoms with Crippen LogP contribution in [-0.2, 0) is 4.79 Å². The Kier molecular flexibility index (Phi) is 5.90. The van der Waals surface area contributed by atoms with E-state index in [0.29, 0.717) is 0 Å². The lowest BCUT2D eigenvalue weighted by Gasteiger charge is -2.07. The first-order valence-corrected chi connectivity index (χ1v) is 4.23. The van der Waals surface area contributed by atoms with Crippen LogP contribution in [0.25, 0.3) is 0 Å². The van der Waals surface area contributed by atoms with Gasteiger partial charge in [-0.25, -0.2) is 0 Å². The number of hydrogen-bond donors (Lipinski definition) is 1. The summed E-state index contributed by atoms with van der Waals surface area (Å²) in [4.78, 5) is 10.5. The topological polar surface area (TPSA) is 37.3 Å². The summed E-state index contributed by atoms with van der Waals surface area (Å²) in [5.74, 6) is -0.779. The summed E-state index contributed by atoms with van der Waals surface area (Å²) in [5.41, 5.74) is 0.